The Kier molecular flexibility index (Phi) is 9.74. The van der Waals surface area contributed by atoms with Gasteiger partial charge in [-0.2, -0.15) is 0 Å². The minimum Gasteiger partial charge on any atom is -0.346 e. The summed E-state index contributed by atoms with van der Waals surface area (Å²) in [5.74, 6) is -1.78. The fourth-order valence-electron chi connectivity index (χ4n) is 4.35. The number of nitrogens with one attached hydrogen (secondary N) is 3. The third kappa shape index (κ3) is 8.46. The average Bonchev–Trinajstić information content (AvgIpc) is 3.80. The van der Waals surface area contributed by atoms with E-state index in [0.29, 0.717) is 11.6 Å². The van der Waals surface area contributed by atoms with Gasteiger partial charge in [-0.1, -0.05) is 42.5 Å². The summed E-state index contributed by atoms with van der Waals surface area (Å²) in [6, 6.07) is 18.0. The zero-order valence-electron chi connectivity index (χ0n) is 23.8. The van der Waals surface area contributed by atoms with Crippen LogP contribution in [0.15, 0.2) is 72.8 Å². The first-order valence-corrected chi connectivity index (χ1v) is 15.5. The Morgan fingerprint density at radius 2 is 1.52 bits per heavy atom. The van der Waals surface area contributed by atoms with E-state index in [0.717, 1.165) is 29.0 Å². The summed E-state index contributed by atoms with van der Waals surface area (Å²) in [6.07, 6.45) is 3.29. The predicted molar refractivity (Wildman–Crippen MR) is 159 cm³/mol. The van der Waals surface area contributed by atoms with Gasteiger partial charge in [-0.3, -0.25) is 18.7 Å². The second-order valence-electron chi connectivity index (χ2n) is 10.6. The Morgan fingerprint density at radius 3 is 2.10 bits per heavy atom. The lowest BCUT2D eigenvalue weighted by Crippen LogP contribution is -2.46. The number of benzene rings is 3. The van der Waals surface area contributed by atoms with E-state index in [1.165, 1.54) is 37.4 Å². The van der Waals surface area contributed by atoms with Crippen molar-refractivity contribution in [1.29, 1.82) is 0 Å². The maximum atomic E-state index is 13.6. The fourth-order valence-corrected chi connectivity index (χ4v) is 4.84. The number of carbonyl (C=O) groups excluding carboxylic acids is 3. The van der Waals surface area contributed by atoms with Gasteiger partial charge in [-0.05, 0) is 67.6 Å². The Labute approximate surface area is 245 Å². The van der Waals surface area contributed by atoms with Crippen LogP contribution in [0.5, 0.6) is 0 Å². The van der Waals surface area contributed by atoms with Crippen LogP contribution >= 0.6 is 0 Å². The molecule has 1 aliphatic carbocycles. The van der Waals surface area contributed by atoms with Gasteiger partial charge in [0.1, 0.15) is 5.82 Å². The number of amides is 2. The molecule has 9 nitrogen and oxygen atoms in total. The summed E-state index contributed by atoms with van der Waals surface area (Å²) in [5.41, 5.74) is 1.69. The molecule has 4 rings (SSSR count). The number of anilines is 1. The van der Waals surface area contributed by atoms with Crippen LogP contribution in [0.1, 0.15) is 57.7 Å². The van der Waals surface area contributed by atoms with Crippen molar-refractivity contribution in [3.8, 4) is 0 Å². The number of sulfonamides is 1. The first-order chi connectivity index (χ1) is 19.9. The van der Waals surface area contributed by atoms with Crippen LogP contribution in [0.3, 0.4) is 0 Å². The lowest BCUT2D eigenvalue weighted by Gasteiger charge is -2.21. The topological polar surface area (TPSA) is 125 Å². The Morgan fingerprint density at radius 1 is 0.929 bits per heavy atom. The highest BCUT2D eigenvalue weighted by Crippen LogP contribution is 2.23. The Bertz CT molecular complexity index is 1540. The molecule has 1 saturated carbocycles. The molecule has 1 aliphatic rings. The monoisotopic (exact) mass is 594 g/mol. The molecule has 1 fully saturated rings. The van der Waals surface area contributed by atoms with Crippen LogP contribution in [-0.4, -0.2) is 57.9 Å². The van der Waals surface area contributed by atoms with Crippen molar-refractivity contribution in [2.45, 2.75) is 44.3 Å². The zero-order chi connectivity index (χ0) is 30.4. The largest absolute Gasteiger partial charge is 0.346 e. The smallest absolute Gasteiger partial charge is 0.251 e. The van der Waals surface area contributed by atoms with Gasteiger partial charge in [-0.25, -0.2) is 12.8 Å². The van der Waals surface area contributed by atoms with Crippen molar-refractivity contribution >= 4 is 33.3 Å². The first kappa shape index (κ1) is 30.9. The van der Waals surface area contributed by atoms with Crippen molar-refractivity contribution in [3.63, 3.8) is 0 Å². The lowest BCUT2D eigenvalue weighted by atomic mass is 10.0. The summed E-state index contributed by atoms with van der Waals surface area (Å²) in [7, 11) is -2.41. The van der Waals surface area contributed by atoms with Gasteiger partial charge in [0, 0.05) is 24.2 Å². The van der Waals surface area contributed by atoms with E-state index in [1.54, 1.807) is 19.1 Å². The molecule has 2 amide bonds. The molecule has 3 N–H and O–H groups in total. The van der Waals surface area contributed by atoms with Crippen LogP contribution in [0.25, 0.3) is 0 Å². The summed E-state index contributed by atoms with van der Waals surface area (Å²) in [4.78, 5) is 40.0. The van der Waals surface area contributed by atoms with Gasteiger partial charge >= 0.3 is 0 Å². The molecule has 0 saturated heterocycles. The van der Waals surface area contributed by atoms with E-state index in [2.05, 4.69) is 16.0 Å². The third-order valence-electron chi connectivity index (χ3n) is 7.14. The van der Waals surface area contributed by atoms with E-state index in [4.69, 9.17) is 0 Å². The number of rotatable bonds is 13. The van der Waals surface area contributed by atoms with Crippen LogP contribution in [0, 0.1) is 5.82 Å². The molecule has 0 unspecified atom stereocenters. The molecule has 3 aromatic carbocycles. The van der Waals surface area contributed by atoms with Gasteiger partial charge in [0.05, 0.1) is 30.6 Å². The van der Waals surface area contributed by atoms with E-state index in [9.17, 15) is 27.2 Å². The molecule has 0 heterocycles. The first-order valence-electron chi connectivity index (χ1n) is 13.7. The number of halogens is 1. The number of ketones is 1. The van der Waals surface area contributed by atoms with E-state index >= 15 is 0 Å². The SMILES string of the molecule is C[C@@H](NC(=O)c1cc(C(=O)N[C@@H](Cc2ccccc2)C(=O)CNC2CC2)cc(N(C)S(C)(=O)=O)c1)c1ccc(F)cc1. The Hall–Kier alpha value is -4.09. The van der Waals surface area contributed by atoms with E-state index in [1.807, 2.05) is 30.3 Å². The molecule has 2 atom stereocenters. The van der Waals surface area contributed by atoms with Crippen LogP contribution in [-0.2, 0) is 21.2 Å². The average molecular weight is 595 g/mol. The minimum absolute atomic E-state index is 0.0172. The van der Waals surface area contributed by atoms with Crippen molar-refractivity contribution in [2.24, 2.45) is 0 Å². The molecule has 0 spiro atoms. The maximum Gasteiger partial charge on any atom is 0.251 e. The molecular weight excluding hydrogens is 559 g/mol. The van der Waals surface area contributed by atoms with E-state index in [-0.39, 0.29) is 35.6 Å². The van der Waals surface area contributed by atoms with Gasteiger partial charge in [0.15, 0.2) is 5.78 Å². The zero-order valence-corrected chi connectivity index (χ0v) is 24.6. The standard InChI is InChI=1S/C31H35FN4O5S/c1-20(22-9-11-25(32)12-10-22)34-30(38)23-16-24(18-27(17-23)36(2)42(3,40)41)31(39)35-28(15-21-7-5-4-6-8-21)29(37)19-33-26-13-14-26/h4-12,16-18,20,26,28,33H,13-15,19H2,1-3H3,(H,34,38)(H,35,39)/t20-,28+/m1/s1. The van der Waals surface area contributed by atoms with Crippen LogP contribution in [0.4, 0.5) is 10.1 Å². The van der Waals surface area contributed by atoms with Gasteiger partial charge in [0.2, 0.25) is 10.0 Å². The van der Waals surface area contributed by atoms with E-state index < -0.39 is 39.7 Å². The van der Waals surface area contributed by atoms with Gasteiger partial charge in [0.25, 0.3) is 11.8 Å². The van der Waals surface area contributed by atoms with Crippen molar-refractivity contribution in [2.75, 3.05) is 24.2 Å². The highest BCUT2D eigenvalue weighted by atomic mass is 32.2. The predicted octanol–water partition coefficient (Wildman–Crippen LogP) is 3.37. The molecule has 42 heavy (non-hydrogen) atoms. The molecular formula is C31H35FN4O5S. The number of hydrogen-bond donors (Lipinski definition) is 3. The summed E-state index contributed by atoms with van der Waals surface area (Å²) in [5, 5.41) is 8.80. The normalized spacial score (nSPS) is 14.5. The molecule has 0 aromatic heterocycles. The van der Waals surface area contributed by atoms with Gasteiger partial charge < -0.3 is 16.0 Å². The molecule has 3 aromatic rings. The molecule has 222 valence electrons. The van der Waals surface area contributed by atoms with Crippen LogP contribution in [0.2, 0.25) is 0 Å². The lowest BCUT2D eigenvalue weighted by molar-refractivity contribution is -0.120. The maximum absolute atomic E-state index is 13.6. The van der Waals surface area contributed by atoms with Crippen molar-refractivity contribution in [3.05, 3.63) is 101 Å². The minimum atomic E-state index is -3.73. The molecule has 0 bridgehead atoms. The van der Waals surface area contributed by atoms with Crippen molar-refractivity contribution < 1.29 is 27.2 Å². The van der Waals surface area contributed by atoms with Gasteiger partial charge in [-0.15, -0.1) is 0 Å². The number of carbonyl (C=O) groups is 3. The third-order valence-corrected chi connectivity index (χ3v) is 8.35. The quantitative estimate of drug-likeness (QED) is 0.279. The second kappa shape index (κ2) is 13.3. The van der Waals surface area contributed by atoms with Crippen LogP contribution < -0.4 is 20.3 Å². The summed E-state index contributed by atoms with van der Waals surface area (Å²) < 4.78 is 39.0. The van der Waals surface area contributed by atoms with Crippen molar-refractivity contribution in [1.82, 2.24) is 16.0 Å². The Balaban J connectivity index is 1.61. The second-order valence-corrected chi connectivity index (χ2v) is 12.6. The highest BCUT2D eigenvalue weighted by Gasteiger charge is 2.27. The number of hydrogen-bond acceptors (Lipinski definition) is 6. The highest BCUT2D eigenvalue weighted by molar-refractivity contribution is 7.92. The molecule has 0 aliphatic heterocycles. The number of nitrogens with zero attached hydrogens (tertiary/aromatic N) is 1. The molecule has 11 heteroatoms. The summed E-state index contributed by atoms with van der Waals surface area (Å²) in [6.45, 7) is 1.83. The fraction of sp³-hybridized carbons (Fsp3) is 0.323. The number of Topliss-reactive ketones (excluding diaryl/α,β-unsaturated/α-hetero) is 1. The summed E-state index contributed by atoms with van der Waals surface area (Å²) >= 11 is 0. The molecule has 0 radical (unpaired) electrons.